The summed E-state index contributed by atoms with van der Waals surface area (Å²) in [6.07, 6.45) is 1.48. The SMILES string of the molecule is [B]c1ccc(-n2nc(N)nc2C(C)N2C(=O)c3ccccc3C2=O)nc1. The van der Waals surface area contributed by atoms with Gasteiger partial charge in [-0.1, -0.05) is 23.7 Å². The van der Waals surface area contributed by atoms with E-state index in [9.17, 15) is 9.59 Å². The van der Waals surface area contributed by atoms with Gasteiger partial charge in [-0.25, -0.2) is 4.98 Å². The van der Waals surface area contributed by atoms with Crippen molar-refractivity contribution < 1.29 is 9.59 Å². The van der Waals surface area contributed by atoms with Crippen LogP contribution in [0.5, 0.6) is 0 Å². The van der Waals surface area contributed by atoms with E-state index < -0.39 is 6.04 Å². The molecule has 0 spiro atoms. The van der Waals surface area contributed by atoms with E-state index in [1.807, 2.05) is 0 Å². The molecule has 0 saturated heterocycles. The summed E-state index contributed by atoms with van der Waals surface area (Å²) < 4.78 is 1.41. The first-order valence-corrected chi connectivity index (χ1v) is 7.88. The molecule has 1 unspecified atom stereocenters. The van der Waals surface area contributed by atoms with E-state index in [2.05, 4.69) is 15.1 Å². The molecule has 1 aliphatic rings. The average Bonchev–Trinajstić information content (AvgIpc) is 3.14. The molecule has 2 radical (unpaired) electrons. The van der Waals surface area contributed by atoms with Crippen LogP contribution in [0.3, 0.4) is 0 Å². The van der Waals surface area contributed by atoms with Crippen LogP contribution >= 0.6 is 0 Å². The standard InChI is InChI=1S/C17H13BN6O2/c1-9(23-15(25)11-4-2-3-5-12(11)16(23)26)14-21-17(19)22-24(14)13-7-6-10(18)8-20-13/h2-9H,1H3,(H2,19,22). The number of aromatic nitrogens is 4. The molecule has 126 valence electrons. The number of anilines is 1. The monoisotopic (exact) mass is 344 g/mol. The van der Waals surface area contributed by atoms with Crippen LogP contribution in [0.25, 0.3) is 5.82 Å². The van der Waals surface area contributed by atoms with E-state index in [0.717, 1.165) is 4.90 Å². The van der Waals surface area contributed by atoms with Gasteiger partial charge in [0.1, 0.15) is 7.85 Å². The van der Waals surface area contributed by atoms with Gasteiger partial charge in [-0.3, -0.25) is 14.5 Å². The lowest BCUT2D eigenvalue weighted by molar-refractivity contribution is 0.0587. The summed E-state index contributed by atoms with van der Waals surface area (Å²) in [7, 11) is 5.66. The summed E-state index contributed by atoms with van der Waals surface area (Å²) in [6, 6.07) is 9.32. The molecule has 0 fully saturated rings. The number of amides is 2. The molecule has 8 nitrogen and oxygen atoms in total. The van der Waals surface area contributed by atoms with Crippen LogP contribution < -0.4 is 11.2 Å². The van der Waals surface area contributed by atoms with Crippen LogP contribution in [-0.2, 0) is 0 Å². The number of nitrogen functional groups attached to an aromatic ring is 1. The van der Waals surface area contributed by atoms with Crippen molar-refractivity contribution >= 4 is 31.1 Å². The fourth-order valence-corrected chi connectivity index (χ4v) is 2.98. The summed E-state index contributed by atoms with van der Waals surface area (Å²) in [4.78, 5) is 35.0. The van der Waals surface area contributed by atoms with Gasteiger partial charge in [0.05, 0.1) is 17.2 Å². The number of hydrogen-bond acceptors (Lipinski definition) is 6. The van der Waals surface area contributed by atoms with Crippen molar-refractivity contribution in [3.8, 4) is 5.82 Å². The van der Waals surface area contributed by atoms with Crippen LogP contribution in [0.1, 0.15) is 39.5 Å². The van der Waals surface area contributed by atoms with Crippen molar-refractivity contribution in [2.24, 2.45) is 0 Å². The molecule has 3 aromatic rings. The Morgan fingerprint density at radius 2 is 1.73 bits per heavy atom. The van der Waals surface area contributed by atoms with Gasteiger partial charge in [0.15, 0.2) is 11.6 Å². The molecule has 1 aliphatic heterocycles. The Morgan fingerprint density at radius 3 is 2.31 bits per heavy atom. The first-order valence-electron chi connectivity index (χ1n) is 7.88. The summed E-state index contributed by atoms with van der Waals surface area (Å²) in [5, 5.41) is 4.13. The van der Waals surface area contributed by atoms with Gasteiger partial charge < -0.3 is 5.73 Å². The van der Waals surface area contributed by atoms with E-state index in [0.29, 0.717) is 28.2 Å². The number of rotatable bonds is 3. The number of benzene rings is 1. The van der Waals surface area contributed by atoms with E-state index in [1.54, 1.807) is 43.3 Å². The number of nitrogens with two attached hydrogens (primary N) is 1. The Balaban J connectivity index is 1.76. The predicted molar refractivity (Wildman–Crippen MR) is 94.3 cm³/mol. The maximum absolute atomic E-state index is 12.7. The van der Waals surface area contributed by atoms with Crippen molar-refractivity contribution in [3.63, 3.8) is 0 Å². The Bertz CT molecular complexity index is 995. The molecular weight excluding hydrogens is 331 g/mol. The molecule has 3 heterocycles. The predicted octanol–water partition coefficient (Wildman–Crippen LogP) is 0.395. The van der Waals surface area contributed by atoms with Crippen LogP contribution in [0.2, 0.25) is 0 Å². The second kappa shape index (κ2) is 5.80. The first kappa shape index (κ1) is 16.0. The van der Waals surface area contributed by atoms with Crippen molar-refractivity contribution in [3.05, 3.63) is 59.5 Å². The fraction of sp³-hybridized carbons (Fsp3) is 0.118. The number of carbonyl (C=O) groups is 2. The normalized spacial score (nSPS) is 14.6. The van der Waals surface area contributed by atoms with Gasteiger partial charge in [0.2, 0.25) is 5.95 Å². The summed E-state index contributed by atoms with van der Waals surface area (Å²) >= 11 is 0. The molecular formula is C17H13BN6O2. The fourth-order valence-electron chi connectivity index (χ4n) is 2.98. The molecule has 26 heavy (non-hydrogen) atoms. The third-order valence-electron chi connectivity index (χ3n) is 4.22. The van der Waals surface area contributed by atoms with E-state index in [4.69, 9.17) is 13.6 Å². The molecule has 4 rings (SSSR count). The maximum atomic E-state index is 12.7. The van der Waals surface area contributed by atoms with Gasteiger partial charge in [0.25, 0.3) is 11.8 Å². The zero-order valence-corrected chi connectivity index (χ0v) is 13.8. The second-order valence-electron chi connectivity index (χ2n) is 5.89. The highest BCUT2D eigenvalue weighted by Crippen LogP contribution is 2.31. The quantitative estimate of drug-likeness (QED) is 0.544. The van der Waals surface area contributed by atoms with Crippen molar-refractivity contribution in [2.75, 3.05) is 5.73 Å². The summed E-state index contributed by atoms with van der Waals surface area (Å²) in [5.41, 5.74) is 6.99. The smallest absolute Gasteiger partial charge is 0.262 e. The lowest BCUT2D eigenvalue weighted by Crippen LogP contribution is -2.34. The van der Waals surface area contributed by atoms with Crippen LogP contribution in [-0.4, -0.2) is 44.3 Å². The number of pyridine rings is 1. The topological polar surface area (TPSA) is 107 Å². The lowest BCUT2D eigenvalue weighted by atomic mass is 9.99. The van der Waals surface area contributed by atoms with Gasteiger partial charge in [-0.05, 0) is 25.1 Å². The van der Waals surface area contributed by atoms with Gasteiger partial charge >= 0.3 is 0 Å². The van der Waals surface area contributed by atoms with Crippen molar-refractivity contribution in [2.45, 2.75) is 13.0 Å². The largest absolute Gasteiger partial charge is 0.366 e. The van der Waals surface area contributed by atoms with Gasteiger partial charge in [-0.15, -0.1) is 5.10 Å². The van der Waals surface area contributed by atoms with Crippen LogP contribution in [0.4, 0.5) is 5.95 Å². The van der Waals surface area contributed by atoms with E-state index in [-0.39, 0.29) is 17.8 Å². The highest BCUT2D eigenvalue weighted by Gasteiger charge is 2.40. The number of fused-ring (bicyclic) bond motifs is 1. The molecule has 1 aromatic carbocycles. The van der Waals surface area contributed by atoms with E-state index >= 15 is 0 Å². The van der Waals surface area contributed by atoms with Crippen molar-refractivity contribution in [1.82, 2.24) is 24.6 Å². The molecule has 0 aliphatic carbocycles. The summed E-state index contributed by atoms with van der Waals surface area (Å²) in [6.45, 7) is 1.69. The van der Waals surface area contributed by atoms with Crippen molar-refractivity contribution in [1.29, 1.82) is 0 Å². The maximum Gasteiger partial charge on any atom is 0.262 e. The second-order valence-corrected chi connectivity index (χ2v) is 5.89. The Kier molecular flexibility index (Phi) is 3.57. The molecule has 0 bridgehead atoms. The van der Waals surface area contributed by atoms with Crippen LogP contribution in [0, 0.1) is 0 Å². The molecule has 0 saturated carbocycles. The highest BCUT2D eigenvalue weighted by atomic mass is 16.2. The van der Waals surface area contributed by atoms with Gasteiger partial charge in [-0.2, -0.15) is 9.67 Å². The molecule has 2 amide bonds. The zero-order chi connectivity index (χ0) is 18.4. The molecule has 9 heteroatoms. The van der Waals surface area contributed by atoms with Crippen LogP contribution in [0.15, 0.2) is 42.6 Å². The Hall–Kier alpha value is -3.49. The first-order chi connectivity index (χ1) is 12.5. The minimum Gasteiger partial charge on any atom is -0.366 e. The number of hydrogen-bond donors (Lipinski definition) is 1. The lowest BCUT2D eigenvalue weighted by Gasteiger charge is -2.21. The number of nitrogens with zero attached hydrogens (tertiary/aromatic N) is 5. The summed E-state index contributed by atoms with van der Waals surface area (Å²) in [5.74, 6) is 0.0196. The Labute approximate surface area is 150 Å². The minimum atomic E-state index is -0.688. The third-order valence-corrected chi connectivity index (χ3v) is 4.22. The number of imide groups is 1. The minimum absolute atomic E-state index is 0.0158. The van der Waals surface area contributed by atoms with E-state index in [1.165, 1.54) is 10.9 Å². The molecule has 2 aromatic heterocycles. The molecule has 1 atom stereocenters. The average molecular weight is 344 g/mol. The van der Waals surface area contributed by atoms with Gasteiger partial charge in [0, 0.05) is 6.20 Å². The third kappa shape index (κ3) is 2.36. The highest BCUT2D eigenvalue weighted by molar-refractivity contribution is 6.32. The molecule has 2 N–H and O–H groups in total. The zero-order valence-electron chi connectivity index (χ0n) is 13.8. The Morgan fingerprint density at radius 1 is 1.08 bits per heavy atom. The number of carbonyl (C=O) groups excluding carboxylic acids is 2.